The highest BCUT2D eigenvalue weighted by Crippen LogP contribution is 2.20. The lowest BCUT2D eigenvalue weighted by molar-refractivity contribution is -0.145. The average molecular weight is 354 g/mol. The van der Waals surface area contributed by atoms with Gasteiger partial charge >= 0.3 is 5.97 Å². The van der Waals surface area contributed by atoms with E-state index in [1.807, 2.05) is 4.90 Å². The van der Waals surface area contributed by atoms with Gasteiger partial charge in [0.1, 0.15) is 6.54 Å². The van der Waals surface area contributed by atoms with Crippen molar-refractivity contribution >= 4 is 17.8 Å². The number of nitrogens with zero attached hydrogens (tertiary/aromatic N) is 2. The molecule has 2 aliphatic heterocycles. The van der Waals surface area contributed by atoms with Gasteiger partial charge in [0.15, 0.2) is 0 Å². The zero-order chi connectivity index (χ0) is 18.2. The van der Waals surface area contributed by atoms with Crippen LogP contribution < -0.4 is 0 Å². The molecule has 0 radical (unpaired) electrons. The van der Waals surface area contributed by atoms with Crippen LogP contribution in [0.3, 0.4) is 0 Å². The highest BCUT2D eigenvalue weighted by molar-refractivity contribution is 5.80. The zero-order valence-electron chi connectivity index (χ0n) is 15.1. The van der Waals surface area contributed by atoms with Gasteiger partial charge in [-0.2, -0.15) is 0 Å². The Hall–Kier alpha value is -1.63. The number of hydrogen-bond donors (Lipinski definition) is 1. The average Bonchev–Trinajstić information content (AvgIpc) is 2.84. The van der Waals surface area contributed by atoms with Crippen molar-refractivity contribution in [3.05, 3.63) is 0 Å². The normalized spacial score (nSPS) is 24.4. The number of carboxylic acid groups (broad SMARTS) is 1. The first kappa shape index (κ1) is 19.7. The summed E-state index contributed by atoms with van der Waals surface area (Å²) in [6.45, 7) is 3.20. The standard InChI is InChI=1S/C18H30N2O5/c1-14(21)20(13-18(23)24)15-5-4-10-19(11-9-15)17(22)8-7-16-6-2-3-12-25-16/h15-16H,2-13H2,1H3,(H,23,24)/t15-,16+/m1/s1. The number of amides is 2. The smallest absolute Gasteiger partial charge is 0.323 e. The van der Waals surface area contributed by atoms with Crippen molar-refractivity contribution in [1.29, 1.82) is 0 Å². The van der Waals surface area contributed by atoms with Crippen molar-refractivity contribution in [2.24, 2.45) is 0 Å². The summed E-state index contributed by atoms with van der Waals surface area (Å²) in [7, 11) is 0. The molecule has 0 aromatic rings. The van der Waals surface area contributed by atoms with E-state index < -0.39 is 5.97 Å². The Kier molecular flexibility index (Phi) is 7.68. The molecule has 0 spiro atoms. The SMILES string of the molecule is CC(=O)N(CC(=O)O)[C@@H]1CCCN(C(=O)CC[C@@H]2CCCCO2)CC1. The molecule has 2 atom stereocenters. The van der Waals surface area contributed by atoms with Crippen molar-refractivity contribution in [3.63, 3.8) is 0 Å². The fourth-order valence-corrected chi connectivity index (χ4v) is 3.76. The molecule has 7 heteroatoms. The van der Waals surface area contributed by atoms with Crippen LogP contribution in [-0.2, 0) is 19.1 Å². The van der Waals surface area contributed by atoms with Crippen LogP contribution in [0.25, 0.3) is 0 Å². The lowest BCUT2D eigenvalue weighted by Gasteiger charge is -2.29. The van der Waals surface area contributed by atoms with Gasteiger partial charge < -0.3 is 19.6 Å². The minimum atomic E-state index is -1.00. The van der Waals surface area contributed by atoms with E-state index in [2.05, 4.69) is 0 Å². The van der Waals surface area contributed by atoms with Gasteiger partial charge in [-0.1, -0.05) is 0 Å². The third-order valence-electron chi connectivity index (χ3n) is 5.16. The van der Waals surface area contributed by atoms with Crippen LogP contribution in [0.5, 0.6) is 0 Å². The molecular formula is C18H30N2O5. The summed E-state index contributed by atoms with van der Waals surface area (Å²) < 4.78 is 5.68. The van der Waals surface area contributed by atoms with Crippen LogP contribution in [-0.4, -0.2) is 71.1 Å². The summed E-state index contributed by atoms with van der Waals surface area (Å²) >= 11 is 0. The third-order valence-corrected chi connectivity index (χ3v) is 5.16. The Morgan fingerprint density at radius 1 is 1.12 bits per heavy atom. The van der Waals surface area contributed by atoms with Gasteiger partial charge in [0, 0.05) is 39.1 Å². The number of carbonyl (C=O) groups is 3. The van der Waals surface area contributed by atoms with Gasteiger partial charge in [-0.3, -0.25) is 14.4 Å². The summed E-state index contributed by atoms with van der Waals surface area (Å²) in [6.07, 6.45) is 6.98. The summed E-state index contributed by atoms with van der Waals surface area (Å²) in [6, 6.07) is -0.104. The Bertz CT molecular complexity index is 476. The molecule has 2 saturated heterocycles. The summed E-state index contributed by atoms with van der Waals surface area (Å²) in [5.74, 6) is -1.08. The molecule has 2 amide bonds. The minimum Gasteiger partial charge on any atom is -0.480 e. The van der Waals surface area contributed by atoms with E-state index in [-0.39, 0.29) is 30.5 Å². The molecule has 142 valence electrons. The maximum Gasteiger partial charge on any atom is 0.323 e. The Labute approximate surface area is 149 Å². The Morgan fingerprint density at radius 3 is 2.56 bits per heavy atom. The van der Waals surface area contributed by atoms with Crippen LogP contribution in [0.2, 0.25) is 0 Å². The second-order valence-electron chi connectivity index (χ2n) is 7.03. The van der Waals surface area contributed by atoms with Gasteiger partial charge in [0.2, 0.25) is 11.8 Å². The van der Waals surface area contributed by atoms with Crippen molar-refractivity contribution in [1.82, 2.24) is 9.80 Å². The van der Waals surface area contributed by atoms with Gasteiger partial charge in [-0.05, 0) is 44.9 Å². The van der Waals surface area contributed by atoms with E-state index in [1.54, 1.807) is 0 Å². The maximum absolute atomic E-state index is 12.5. The summed E-state index contributed by atoms with van der Waals surface area (Å²) in [5.41, 5.74) is 0. The molecule has 7 nitrogen and oxygen atoms in total. The Morgan fingerprint density at radius 2 is 1.92 bits per heavy atom. The number of hydrogen-bond acceptors (Lipinski definition) is 4. The second-order valence-corrected chi connectivity index (χ2v) is 7.03. The molecule has 0 aromatic heterocycles. The monoisotopic (exact) mass is 354 g/mol. The molecule has 0 aliphatic carbocycles. The maximum atomic E-state index is 12.5. The van der Waals surface area contributed by atoms with Crippen molar-refractivity contribution in [2.45, 2.75) is 70.4 Å². The second kappa shape index (κ2) is 9.75. The van der Waals surface area contributed by atoms with E-state index >= 15 is 0 Å². The molecule has 1 N–H and O–H groups in total. The number of rotatable bonds is 6. The van der Waals surface area contributed by atoms with Crippen LogP contribution in [0.15, 0.2) is 0 Å². The predicted molar refractivity (Wildman–Crippen MR) is 92.1 cm³/mol. The topological polar surface area (TPSA) is 87.2 Å². The molecular weight excluding hydrogens is 324 g/mol. The van der Waals surface area contributed by atoms with Gasteiger partial charge in [0.05, 0.1) is 6.10 Å². The van der Waals surface area contributed by atoms with E-state index in [1.165, 1.54) is 18.2 Å². The van der Waals surface area contributed by atoms with E-state index in [0.717, 1.165) is 38.7 Å². The first-order valence-electron chi connectivity index (χ1n) is 9.35. The highest BCUT2D eigenvalue weighted by atomic mass is 16.5. The molecule has 0 aromatic carbocycles. The fourth-order valence-electron chi connectivity index (χ4n) is 3.76. The third kappa shape index (κ3) is 6.30. The van der Waals surface area contributed by atoms with E-state index in [9.17, 15) is 14.4 Å². The first-order chi connectivity index (χ1) is 12.0. The van der Waals surface area contributed by atoms with Gasteiger partial charge in [-0.15, -0.1) is 0 Å². The number of carbonyl (C=O) groups excluding carboxylic acids is 2. The fraction of sp³-hybridized carbons (Fsp3) is 0.833. The van der Waals surface area contributed by atoms with Gasteiger partial charge in [0.25, 0.3) is 0 Å². The van der Waals surface area contributed by atoms with Gasteiger partial charge in [-0.25, -0.2) is 0 Å². The van der Waals surface area contributed by atoms with Crippen LogP contribution >= 0.6 is 0 Å². The summed E-state index contributed by atoms with van der Waals surface area (Å²) in [5, 5.41) is 9.00. The highest BCUT2D eigenvalue weighted by Gasteiger charge is 2.27. The van der Waals surface area contributed by atoms with Crippen LogP contribution in [0, 0.1) is 0 Å². The molecule has 0 saturated carbocycles. The van der Waals surface area contributed by atoms with Crippen molar-refractivity contribution < 1.29 is 24.2 Å². The molecule has 25 heavy (non-hydrogen) atoms. The van der Waals surface area contributed by atoms with Crippen LogP contribution in [0.4, 0.5) is 0 Å². The largest absolute Gasteiger partial charge is 0.480 e. The number of aliphatic carboxylic acids is 1. The molecule has 2 heterocycles. The molecule has 0 unspecified atom stereocenters. The number of carboxylic acids is 1. The first-order valence-corrected chi connectivity index (χ1v) is 9.35. The molecule has 2 aliphatic rings. The molecule has 2 rings (SSSR count). The van der Waals surface area contributed by atoms with E-state index in [4.69, 9.17) is 9.84 Å². The lowest BCUT2D eigenvalue weighted by Crippen LogP contribution is -2.43. The Balaban J connectivity index is 1.81. The van der Waals surface area contributed by atoms with Crippen molar-refractivity contribution in [3.8, 4) is 0 Å². The number of ether oxygens (including phenoxy) is 1. The molecule has 2 fully saturated rings. The lowest BCUT2D eigenvalue weighted by atomic mass is 10.0. The predicted octanol–water partition coefficient (Wildman–Crippen LogP) is 1.65. The minimum absolute atomic E-state index is 0.104. The van der Waals surface area contributed by atoms with Crippen molar-refractivity contribution in [2.75, 3.05) is 26.2 Å². The summed E-state index contributed by atoms with van der Waals surface area (Å²) in [4.78, 5) is 38.5. The van der Waals surface area contributed by atoms with E-state index in [0.29, 0.717) is 25.9 Å². The molecule has 0 bridgehead atoms. The number of likely N-dealkylation sites (tertiary alicyclic amines) is 1. The quantitative estimate of drug-likeness (QED) is 0.784. The zero-order valence-corrected chi connectivity index (χ0v) is 15.1. The van der Waals surface area contributed by atoms with Crippen LogP contribution in [0.1, 0.15) is 58.3 Å².